The first-order valence-electron chi connectivity index (χ1n) is 9.24. The zero-order valence-electron chi connectivity index (χ0n) is 15.6. The fourth-order valence-corrected chi connectivity index (χ4v) is 3.66. The van der Waals surface area contributed by atoms with E-state index in [2.05, 4.69) is 10.1 Å². The molecule has 3 aromatic rings. The topological polar surface area (TPSA) is 77.3 Å². The zero-order chi connectivity index (χ0) is 20.7. The number of para-hydroxylation sites is 1. The minimum Gasteiger partial charge on any atom is -0.338 e. The summed E-state index contributed by atoms with van der Waals surface area (Å²) in [6.45, 7) is -0.142. The summed E-state index contributed by atoms with van der Waals surface area (Å²) in [7, 11) is 0. The molecule has 5 rings (SSSR count). The van der Waals surface area contributed by atoms with Gasteiger partial charge in [-0.25, -0.2) is 4.90 Å². The molecule has 1 aliphatic carbocycles. The number of rotatable bonds is 3. The minimum absolute atomic E-state index is 0.142. The van der Waals surface area contributed by atoms with Gasteiger partial charge in [0.15, 0.2) is 17.3 Å². The lowest BCUT2D eigenvalue weighted by atomic mass is 10.1. The number of ketones is 1. The molecule has 0 saturated carbocycles. The predicted molar refractivity (Wildman–Crippen MR) is 111 cm³/mol. The van der Waals surface area contributed by atoms with Crippen molar-refractivity contribution < 1.29 is 14.3 Å². The van der Waals surface area contributed by atoms with Crippen LogP contribution in [0.15, 0.2) is 78.9 Å². The van der Waals surface area contributed by atoms with Gasteiger partial charge in [-0.1, -0.05) is 41.9 Å². The van der Waals surface area contributed by atoms with Crippen molar-refractivity contribution in [2.75, 3.05) is 11.5 Å². The first-order valence-corrected chi connectivity index (χ1v) is 9.61. The van der Waals surface area contributed by atoms with Crippen molar-refractivity contribution >= 4 is 29.2 Å². The summed E-state index contributed by atoms with van der Waals surface area (Å²) in [6.07, 6.45) is 5.88. The Bertz CT molecular complexity index is 1200. The monoisotopic (exact) mass is 418 g/mol. The fourth-order valence-electron chi connectivity index (χ4n) is 3.47. The number of carbonyl (C=O) groups excluding carboxylic acids is 2. The molecule has 2 heterocycles. The van der Waals surface area contributed by atoms with E-state index in [9.17, 15) is 9.59 Å². The molecule has 1 spiro atoms. The van der Waals surface area contributed by atoms with Crippen LogP contribution in [-0.4, -0.2) is 38.8 Å². The van der Waals surface area contributed by atoms with Crippen molar-refractivity contribution in [2.45, 2.75) is 5.72 Å². The lowest BCUT2D eigenvalue weighted by Crippen LogP contribution is -2.46. The van der Waals surface area contributed by atoms with Crippen LogP contribution in [-0.2, 0) is 14.3 Å². The maximum absolute atomic E-state index is 12.9. The second-order valence-corrected chi connectivity index (χ2v) is 7.27. The Kier molecular flexibility index (Phi) is 4.34. The van der Waals surface area contributed by atoms with Crippen LogP contribution >= 0.6 is 11.6 Å². The molecule has 1 amide bonds. The van der Waals surface area contributed by atoms with Crippen molar-refractivity contribution in [2.24, 2.45) is 0 Å². The van der Waals surface area contributed by atoms with Crippen molar-refractivity contribution in [1.82, 2.24) is 14.8 Å². The zero-order valence-corrected chi connectivity index (χ0v) is 16.4. The van der Waals surface area contributed by atoms with E-state index in [-0.39, 0.29) is 24.2 Å². The fraction of sp³-hybridized carbons (Fsp3) is 0.0909. The van der Waals surface area contributed by atoms with Crippen molar-refractivity contribution in [1.29, 1.82) is 0 Å². The molecule has 2 aromatic carbocycles. The van der Waals surface area contributed by atoms with E-state index in [1.165, 1.54) is 17.1 Å². The molecule has 1 aliphatic heterocycles. The molecular weight excluding hydrogens is 404 g/mol. The lowest BCUT2D eigenvalue weighted by Gasteiger charge is -2.31. The van der Waals surface area contributed by atoms with Gasteiger partial charge in [-0.3, -0.25) is 9.59 Å². The largest absolute Gasteiger partial charge is 0.338 e. The van der Waals surface area contributed by atoms with Gasteiger partial charge in [-0.05, 0) is 48.6 Å². The van der Waals surface area contributed by atoms with Gasteiger partial charge in [0.1, 0.15) is 6.61 Å². The van der Waals surface area contributed by atoms with E-state index in [0.29, 0.717) is 16.4 Å². The van der Waals surface area contributed by atoms with Gasteiger partial charge in [0, 0.05) is 10.6 Å². The quantitative estimate of drug-likeness (QED) is 0.652. The van der Waals surface area contributed by atoms with E-state index in [4.69, 9.17) is 16.3 Å². The second-order valence-electron chi connectivity index (χ2n) is 6.83. The first kappa shape index (κ1) is 18.5. The van der Waals surface area contributed by atoms with Crippen LogP contribution in [0.2, 0.25) is 5.02 Å². The molecule has 0 N–H and O–H groups in total. The highest BCUT2D eigenvalue weighted by molar-refractivity contribution is 6.30. The van der Waals surface area contributed by atoms with E-state index >= 15 is 0 Å². The molecular formula is C22H15ClN4O3. The number of ether oxygens (including phenoxy) is 1. The molecule has 2 aliphatic rings. The van der Waals surface area contributed by atoms with Gasteiger partial charge in [-0.15, -0.1) is 5.10 Å². The lowest BCUT2D eigenvalue weighted by molar-refractivity contribution is -0.117. The van der Waals surface area contributed by atoms with Gasteiger partial charge in [-0.2, -0.15) is 9.67 Å². The number of benzene rings is 2. The Labute approximate surface area is 176 Å². The van der Waals surface area contributed by atoms with Gasteiger partial charge in [0.2, 0.25) is 5.95 Å². The van der Waals surface area contributed by atoms with Crippen molar-refractivity contribution in [3.63, 3.8) is 0 Å². The average molecular weight is 419 g/mol. The maximum atomic E-state index is 12.9. The summed E-state index contributed by atoms with van der Waals surface area (Å²) in [5, 5.41) is 5.20. The van der Waals surface area contributed by atoms with Crippen molar-refractivity contribution in [3.8, 4) is 17.1 Å². The van der Waals surface area contributed by atoms with Crippen molar-refractivity contribution in [3.05, 3.63) is 83.9 Å². The predicted octanol–water partition coefficient (Wildman–Crippen LogP) is 3.34. The van der Waals surface area contributed by atoms with Crippen LogP contribution in [0.25, 0.3) is 17.1 Å². The van der Waals surface area contributed by atoms with Gasteiger partial charge in [0.05, 0.1) is 5.69 Å². The number of amides is 1. The minimum atomic E-state index is -1.23. The Morgan fingerprint density at radius 3 is 2.50 bits per heavy atom. The number of hydrogen-bond donors (Lipinski definition) is 0. The first-order chi connectivity index (χ1) is 14.6. The smallest absolute Gasteiger partial charge is 0.258 e. The molecule has 1 fully saturated rings. The molecule has 0 bridgehead atoms. The van der Waals surface area contributed by atoms with Gasteiger partial charge < -0.3 is 4.74 Å². The third-order valence-electron chi connectivity index (χ3n) is 4.87. The summed E-state index contributed by atoms with van der Waals surface area (Å²) in [4.78, 5) is 30.6. The molecule has 0 radical (unpaired) electrons. The number of halogens is 1. The third-order valence-corrected chi connectivity index (χ3v) is 5.11. The third kappa shape index (κ3) is 3.04. The summed E-state index contributed by atoms with van der Waals surface area (Å²) >= 11 is 6.14. The van der Waals surface area contributed by atoms with Crippen LogP contribution in [0.5, 0.6) is 0 Å². The van der Waals surface area contributed by atoms with Crippen LogP contribution < -0.4 is 4.90 Å². The van der Waals surface area contributed by atoms with E-state index in [0.717, 1.165) is 5.69 Å². The SMILES string of the molecule is O=C1C=CC2(C=C1)OCC(=O)N2c1nc(-c2cccc(Cl)c2)nn1-c1ccccc1. The Balaban J connectivity index is 1.70. The van der Waals surface area contributed by atoms with Crippen LogP contribution in [0, 0.1) is 0 Å². The highest BCUT2D eigenvalue weighted by atomic mass is 35.5. The Morgan fingerprint density at radius 1 is 1.00 bits per heavy atom. The number of nitrogens with zero attached hydrogens (tertiary/aromatic N) is 4. The number of hydrogen-bond acceptors (Lipinski definition) is 5. The van der Waals surface area contributed by atoms with Crippen LogP contribution in [0.4, 0.5) is 5.95 Å². The van der Waals surface area contributed by atoms with E-state index in [1.807, 2.05) is 42.5 Å². The van der Waals surface area contributed by atoms with Crippen LogP contribution in [0.3, 0.4) is 0 Å². The summed E-state index contributed by atoms with van der Waals surface area (Å²) in [5.74, 6) is 0.224. The molecule has 0 atom stereocenters. The van der Waals surface area contributed by atoms with Crippen LogP contribution in [0.1, 0.15) is 0 Å². The average Bonchev–Trinajstić information content (AvgIpc) is 3.32. The summed E-state index contributed by atoms with van der Waals surface area (Å²) in [6, 6.07) is 16.5. The number of allylic oxidation sites excluding steroid dienone is 2. The molecule has 30 heavy (non-hydrogen) atoms. The highest BCUT2D eigenvalue weighted by Crippen LogP contribution is 2.36. The van der Waals surface area contributed by atoms with Gasteiger partial charge >= 0.3 is 0 Å². The Hall–Kier alpha value is -3.55. The second kappa shape index (κ2) is 7.05. The number of carbonyl (C=O) groups is 2. The molecule has 7 nitrogen and oxygen atoms in total. The molecule has 1 saturated heterocycles. The summed E-state index contributed by atoms with van der Waals surface area (Å²) in [5.41, 5.74) is 0.212. The molecule has 8 heteroatoms. The van der Waals surface area contributed by atoms with E-state index in [1.54, 1.807) is 29.0 Å². The maximum Gasteiger partial charge on any atom is 0.258 e. The molecule has 1 aromatic heterocycles. The number of anilines is 1. The molecule has 0 unspecified atom stereocenters. The van der Waals surface area contributed by atoms with Gasteiger partial charge in [0.25, 0.3) is 5.91 Å². The molecule has 148 valence electrons. The highest BCUT2D eigenvalue weighted by Gasteiger charge is 2.48. The van der Waals surface area contributed by atoms with E-state index < -0.39 is 5.72 Å². The number of aromatic nitrogens is 3. The standard InChI is InChI=1S/C22H15ClN4O3/c23-16-6-4-5-15(13-16)20-24-21(27(25-20)17-7-2-1-3-8-17)26-19(29)14-30-22(26)11-9-18(28)10-12-22/h1-13H,14H2. The summed E-state index contributed by atoms with van der Waals surface area (Å²) < 4.78 is 7.37. The normalized spacial score (nSPS) is 17.3. The Morgan fingerprint density at radius 2 is 1.77 bits per heavy atom.